The van der Waals surface area contributed by atoms with E-state index in [-0.39, 0.29) is 12.3 Å². The summed E-state index contributed by atoms with van der Waals surface area (Å²) in [4.78, 5) is 12.0. The van der Waals surface area contributed by atoms with Gasteiger partial charge in [-0.2, -0.15) is 10.2 Å². The van der Waals surface area contributed by atoms with Crippen molar-refractivity contribution in [2.75, 3.05) is 7.11 Å². The second-order valence-electron chi connectivity index (χ2n) is 5.65. The third kappa shape index (κ3) is 4.87. The van der Waals surface area contributed by atoms with Crippen LogP contribution in [0.5, 0.6) is 5.75 Å². The lowest BCUT2D eigenvalue weighted by atomic mass is 10.1. The molecule has 0 aliphatic heterocycles. The van der Waals surface area contributed by atoms with E-state index in [1.54, 1.807) is 31.5 Å². The first-order valence-corrected chi connectivity index (χ1v) is 8.76. The maximum absolute atomic E-state index is 12.0. The molecule has 0 unspecified atom stereocenters. The van der Waals surface area contributed by atoms with E-state index in [4.69, 9.17) is 27.9 Å². The molecule has 0 spiro atoms. The van der Waals surface area contributed by atoms with Gasteiger partial charge in [0.1, 0.15) is 5.75 Å². The number of methoxy groups -OCH3 is 1. The molecule has 1 heterocycles. The van der Waals surface area contributed by atoms with Crippen LogP contribution in [-0.4, -0.2) is 29.4 Å². The van der Waals surface area contributed by atoms with E-state index < -0.39 is 0 Å². The second kappa shape index (κ2) is 8.70. The Morgan fingerprint density at radius 1 is 1.22 bits per heavy atom. The van der Waals surface area contributed by atoms with Gasteiger partial charge >= 0.3 is 0 Å². The lowest BCUT2D eigenvalue weighted by molar-refractivity contribution is -0.120. The Hall–Kier alpha value is -2.83. The number of ether oxygens (including phenoxy) is 1. The number of hydrogen-bond acceptors (Lipinski definition) is 4. The number of aromatic nitrogens is 2. The first-order chi connectivity index (χ1) is 13.1. The molecule has 138 valence electrons. The van der Waals surface area contributed by atoms with Gasteiger partial charge in [0.05, 0.1) is 41.7 Å². The molecule has 6 nitrogen and oxygen atoms in total. The van der Waals surface area contributed by atoms with Gasteiger partial charge in [-0.05, 0) is 42.0 Å². The van der Waals surface area contributed by atoms with E-state index >= 15 is 0 Å². The Kier molecular flexibility index (Phi) is 6.11. The fraction of sp³-hybridized carbons (Fsp3) is 0.105. The molecule has 3 aromatic rings. The third-order valence-electron chi connectivity index (χ3n) is 3.79. The van der Waals surface area contributed by atoms with Crippen molar-refractivity contribution in [2.24, 2.45) is 5.10 Å². The summed E-state index contributed by atoms with van der Waals surface area (Å²) >= 11 is 11.8. The molecule has 0 saturated carbocycles. The monoisotopic (exact) mass is 402 g/mol. The molecule has 0 bridgehead atoms. The molecule has 2 N–H and O–H groups in total. The predicted molar refractivity (Wildman–Crippen MR) is 106 cm³/mol. The fourth-order valence-corrected chi connectivity index (χ4v) is 2.75. The molecular weight excluding hydrogens is 387 g/mol. The van der Waals surface area contributed by atoms with Gasteiger partial charge in [-0.15, -0.1) is 0 Å². The van der Waals surface area contributed by atoms with Gasteiger partial charge in [-0.3, -0.25) is 9.89 Å². The number of aromatic amines is 1. The highest BCUT2D eigenvalue weighted by Gasteiger charge is 2.07. The van der Waals surface area contributed by atoms with E-state index in [9.17, 15) is 4.79 Å². The summed E-state index contributed by atoms with van der Waals surface area (Å²) in [5.41, 5.74) is 5.71. The number of nitrogens with one attached hydrogen (secondary N) is 2. The normalized spacial score (nSPS) is 10.9. The molecular formula is C19H16Cl2N4O2. The van der Waals surface area contributed by atoms with E-state index in [1.807, 2.05) is 24.3 Å². The maximum atomic E-state index is 12.0. The first-order valence-electron chi connectivity index (χ1n) is 8.00. The van der Waals surface area contributed by atoms with Crippen LogP contribution in [0.25, 0.3) is 11.3 Å². The van der Waals surface area contributed by atoms with Crippen LogP contribution in [0, 0.1) is 0 Å². The molecule has 2 aromatic carbocycles. The van der Waals surface area contributed by atoms with Crippen LogP contribution in [0.3, 0.4) is 0 Å². The molecule has 0 saturated heterocycles. The number of hydrogen-bond donors (Lipinski definition) is 2. The standard InChI is InChI=1S/C19H16Cl2N4O2/c1-27-15-5-3-13(4-6-15)19-14(11-23-25-19)10-22-24-18(26)9-12-2-7-16(20)17(21)8-12/h2-8,10-11H,9H2,1H3,(H,23,25)(H,24,26)/b22-10+. The summed E-state index contributed by atoms with van der Waals surface area (Å²) in [6.07, 6.45) is 3.31. The molecule has 0 fully saturated rings. The van der Waals surface area contributed by atoms with Crippen LogP contribution in [0.15, 0.2) is 53.8 Å². The van der Waals surface area contributed by atoms with E-state index in [1.165, 1.54) is 6.21 Å². The predicted octanol–water partition coefficient (Wildman–Crippen LogP) is 4.08. The Morgan fingerprint density at radius 2 is 2.00 bits per heavy atom. The Bertz CT molecular complexity index is 968. The number of hydrazone groups is 1. The summed E-state index contributed by atoms with van der Waals surface area (Å²) in [7, 11) is 1.62. The van der Waals surface area contributed by atoms with Gasteiger partial charge in [0, 0.05) is 11.1 Å². The Morgan fingerprint density at radius 3 is 2.70 bits per heavy atom. The van der Waals surface area contributed by atoms with Crippen LogP contribution in [-0.2, 0) is 11.2 Å². The van der Waals surface area contributed by atoms with Crippen LogP contribution < -0.4 is 10.2 Å². The minimum absolute atomic E-state index is 0.144. The number of carbonyl (C=O) groups is 1. The van der Waals surface area contributed by atoms with Crippen molar-refractivity contribution in [1.29, 1.82) is 0 Å². The maximum Gasteiger partial charge on any atom is 0.244 e. The number of rotatable bonds is 6. The number of nitrogens with zero attached hydrogens (tertiary/aromatic N) is 2. The Balaban J connectivity index is 1.63. The second-order valence-corrected chi connectivity index (χ2v) is 6.46. The number of benzene rings is 2. The first kappa shape index (κ1) is 18.9. The highest BCUT2D eigenvalue weighted by atomic mass is 35.5. The summed E-state index contributed by atoms with van der Waals surface area (Å²) in [6, 6.07) is 12.6. The zero-order chi connectivity index (χ0) is 19.2. The van der Waals surface area contributed by atoms with Gasteiger partial charge in [0.15, 0.2) is 0 Å². The highest BCUT2D eigenvalue weighted by Crippen LogP contribution is 2.23. The summed E-state index contributed by atoms with van der Waals surface area (Å²) in [6.45, 7) is 0. The molecule has 0 atom stereocenters. The molecule has 3 rings (SSSR count). The van der Waals surface area contributed by atoms with Gasteiger partial charge in [-0.1, -0.05) is 29.3 Å². The topological polar surface area (TPSA) is 79.4 Å². The van der Waals surface area contributed by atoms with Crippen LogP contribution >= 0.6 is 23.2 Å². The molecule has 0 aliphatic rings. The summed E-state index contributed by atoms with van der Waals surface area (Å²) in [5, 5.41) is 11.8. The molecule has 8 heteroatoms. The minimum Gasteiger partial charge on any atom is -0.497 e. The number of H-pyrrole nitrogens is 1. The van der Waals surface area contributed by atoms with E-state index in [0.29, 0.717) is 10.0 Å². The summed E-state index contributed by atoms with van der Waals surface area (Å²) in [5.74, 6) is 0.502. The van der Waals surface area contributed by atoms with Crippen molar-refractivity contribution in [3.05, 3.63) is 69.8 Å². The molecule has 1 aromatic heterocycles. The number of amides is 1. The fourth-order valence-electron chi connectivity index (χ4n) is 2.43. The van der Waals surface area contributed by atoms with Crippen LogP contribution in [0.2, 0.25) is 10.0 Å². The van der Waals surface area contributed by atoms with Crippen molar-refractivity contribution in [2.45, 2.75) is 6.42 Å². The van der Waals surface area contributed by atoms with Crippen molar-refractivity contribution >= 4 is 35.3 Å². The van der Waals surface area contributed by atoms with Crippen molar-refractivity contribution < 1.29 is 9.53 Å². The van der Waals surface area contributed by atoms with Gasteiger partial charge in [0.25, 0.3) is 0 Å². The highest BCUT2D eigenvalue weighted by molar-refractivity contribution is 6.42. The van der Waals surface area contributed by atoms with Crippen LogP contribution in [0.4, 0.5) is 0 Å². The van der Waals surface area contributed by atoms with E-state index in [0.717, 1.165) is 28.1 Å². The smallest absolute Gasteiger partial charge is 0.244 e. The average Bonchev–Trinajstić information content (AvgIpc) is 3.13. The molecule has 0 aliphatic carbocycles. The zero-order valence-corrected chi connectivity index (χ0v) is 15.9. The lowest BCUT2D eigenvalue weighted by Gasteiger charge is -2.03. The van der Waals surface area contributed by atoms with Crippen LogP contribution in [0.1, 0.15) is 11.1 Å². The van der Waals surface area contributed by atoms with Gasteiger partial charge in [0.2, 0.25) is 5.91 Å². The Labute approximate surface area is 166 Å². The van der Waals surface area contributed by atoms with E-state index in [2.05, 4.69) is 20.7 Å². The van der Waals surface area contributed by atoms with Crippen molar-refractivity contribution in [1.82, 2.24) is 15.6 Å². The lowest BCUT2D eigenvalue weighted by Crippen LogP contribution is -2.19. The molecule has 1 amide bonds. The zero-order valence-electron chi connectivity index (χ0n) is 14.4. The molecule has 27 heavy (non-hydrogen) atoms. The third-order valence-corrected chi connectivity index (χ3v) is 4.53. The quantitative estimate of drug-likeness (QED) is 0.481. The van der Waals surface area contributed by atoms with Gasteiger partial charge in [-0.25, -0.2) is 5.43 Å². The SMILES string of the molecule is COc1ccc(-c2[nH]ncc2/C=N/NC(=O)Cc2ccc(Cl)c(Cl)c2)cc1. The largest absolute Gasteiger partial charge is 0.497 e. The number of halogens is 2. The average molecular weight is 403 g/mol. The minimum atomic E-state index is -0.265. The number of carbonyl (C=O) groups excluding carboxylic acids is 1. The summed E-state index contributed by atoms with van der Waals surface area (Å²) < 4.78 is 5.16. The van der Waals surface area contributed by atoms with Gasteiger partial charge < -0.3 is 4.74 Å². The van der Waals surface area contributed by atoms with Crippen molar-refractivity contribution in [3.8, 4) is 17.0 Å². The van der Waals surface area contributed by atoms with Crippen molar-refractivity contribution in [3.63, 3.8) is 0 Å². The molecule has 0 radical (unpaired) electrons.